The van der Waals surface area contributed by atoms with E-state index in [4.69, 9.17) is 4.52 Å². The van der Waals surface area contributed by atoms with Gasteiger partial charge in [0.05, 0.1) is 11.3 Å². The third-order valence-corrected chi connectivity index (χ3v) is 2.57. The molecule has 0 saturated carbocycles. The number of aromatic nitrogens is 1. The van der Waals surface area contributed by atoms with Crippen LogP contribution in [0.2, 0.25) is 0 Å². The molecule has 1 heterocycles. The van der Waals surface area contributed by atoms with Gasteiger partial charge in [0.15, 0.2) is 0 Å². The van der Waals surface area contributed by atoms with Gasteiger partial charge in [-0.1, -0.05) is 5.16 Å². The van der Waals surface area contributed by atoms with Crippen LogP contribution in [0.25, 0.3) is 11.1 Å². The lowest BCUT2D eigenvalue weighted by molar-refractivity contribution is -0.137. The van der Waals surface area contributed by atoms with Gasteiger partial charge in [0.1, 0.15) is 11.5 Å². The Kier molecular flexibility index (Phi) is 2.80. The molecule has 1 aromatic carbocycles. The van der Waals surface area contributed by atoms with Gasteiger partial charge >= 0.3 is 6.18 Å². The largest absolute Gasteiger partial charge is 0.508 e. The monoisotopic (exact) mass is 257 g/mol. The molecule has 1 aromatic heterocycles. The third-order valence-electron chi connectivity index (χ3n) is 2.57. The molecule has 0 aliphatic heterocycles. The molecule has 0 fully saturated rings. The molecule has 0 aliphatic rings. The summed E-state index contributed by atoms with van der Waals surface area (Å²) in [6, 6.07) is 2.90. The van der Waals surface area contributed by atoms with Crippen molar-refractivity contribution >= 4 is 0 Å². The Morgan fingerprint density at radius 1 is 1.17 bits per heavy atom. The number of nitrogens with zero attached hydrogens (tertiary/aromatic N) is 1. The fraction of sp³-hybridized carbons (Fsp3) is 0.250. The smallest absolute Gasteiger partial charge is 0.416 e. The number of hydrogen-bond acceptors (Lipinski definition) is 3. The summed E-state index contributed by atoms with van der Waals surface area (Å²) in [6.45, 7) is 3.23. The van der Waals surface area contributed by atoms with Gasteiger partial charge in [0.2, 0.25) is 0 Å². The van der Waals surface area contributed by atoms with Crippen LogP contribution in [0, 0.1) is 13.8 Å². The third kappa shape index (κ3) is 2.18. The fourth-order valence-corrected chi connectivity index (χ4v) is 1.81. The zero-order valence-corrected chi connectivity index (χ0v) is 9.67. The fourth-order valence-electron chi connectivity index (χ4n) is 1.81. The summed E-state index contributed by atoms with van der Waals surface area (Å²) < 4.78 is 42.8. The van der Waals surface area contributed by atoms with Crippen molar-refractivity contribution in [1.29, 1.82) is 0 Å². The highest BCUT2D eigenvalue weighted by Gasteiger charge is 2.31. The number of phenolic OH excluding ortho intramolecular Hbond substituents is 1. The zero-order chi connectivity index (χ0) is 13.5. The lowest BCUT2D eigenvalue weighted by Crippen LogP contribution is -2.04. The summed E-state index contributed by atoms with van der Waals surface area (Å²) in [7, 11) is 0. The zero-order valence-electron chi connectivity index (χ0n) is 9.67. The van der Waals surface area contributed by atoms with Crippen LogP contribution in [0.15, 0.2) is 22.7 Å². The molecule has 2 aromatic rings. The molecule has 2 rings (SSSR count). The van der Waals surface area contributed by atoms with Crippen molar-refractivity contribution < 1.29 is 22.8 Å². The van der Waals surface area contributed by atoms with Crippen LogP contribution in [-0.4, -0.2) is 10.3 Å². The normalized spacial score (nSPS) is 11.8. The van der Waals surface area contributed by atoms with Crippen molar-refractivity contribution in [2.45, 2.75) is 20.0 Å². The molecule has 0 spiro atoms. The second-order valence-electron chi connectivity index (χ2n) is 3.97. The van der Waals surface area contributed by atoms with Gasteiger partial charge in [-0.2, -0.15) is 13.2 Å². The van der Waals surface area contributed by atoms with Crippen molar-refractivity contribution in [3.8, 4) is 16.9 Å². The molecule has 0 atom stereocenters. The van der Waals surface area contributed by atoms with Crippen LogP contribution in [0.3, 0.4) is 0 Å². The van der Waals surface area contributed by atoms with E-state index in [-0.39, 0.29) is 5.56 Å². The summed E-state index contributed by atoms with van der Waals surface area (Å²) in [4.78, 5) is 0. The maximum absolute atomic E-state index is 12.6. The number of phenols is 1. The topological polar surface area (TPSA) is 46.3 Å². The molecular weight excluding hydrogens is 247 g/mol. The van der Waals surface area contributed by atoms with E-state index in [9.17, 15) is 18.3 Å². The van der Waals surface area contributed by atoms with E-state index >= 15 is 0 Å². The SMILES string of the molecule is Cc1noc(C)c1-c1cc(O)cc(C(F)(F)F)c1. The molecule has 0 bridgehead atoms. The molecular formula is C12H10F3NO2. The Morgan fingerprint density at radius 3 is 2.33 bits per heavy atom. The number of aromatic hydroxyl groups is 1. The molecule has 0 radical (unpaired) electrons. The minimum absolute atomic E-state index is 0.235. The Labute approximate surface area is 101 Å². The Hall–Kier alpha value is -1.98. The molecule has 0 amide bonds. The van der Waals surface area contributed by atoms with E-state index in [1.165, 1.54) is 6.07 Å². The first kappa shape index (κ1) is 12.5. The number of aryl methyl sites for hydroxylation is 2. The van der Waals surface area contributed by atoms with E-state index in [1.54, 1.807) is 13.8 Å². The number of halogens is 3. The van der Waals surface area contributed by atoms with Crippen molar-refractivity contribution in [3.63, 3.8) is 0 Å². The Bertz CT molecular complexity index is 568. The molecule has 96 valence electrons. The van der Waals surface area contributed by atoms with Crippen molar-refractivity contribution in [2.75, 3.05) is 0 Å². The summed E-state index contributed by atoms with van der Waals surface area (Å²) in [6.07, 6.45) is -4.51. The van der Waals surface area contributed by atoms with E-state index in [2.05, 4.69) is 5.16 Å². The first-order chi connectivity index (χ1) is 8.29. The Balaban J connectivity index is 2.63. The highest BCUT2D eigenvalue weighted by atomic mass is 19.4. The minimum atomic E-state index is -4.51. The number of hydrogen-bond donors (Lipinski definition) is 1. The average molecular weight is 257 g/mol. The lowest BCUT2D eigenvalue weighted by Gasteiger charge is -2.09. The minimum Gasteiger partial charge on any atom is -0.508 e. The molecule has 6 heteroatoms. The highest BCUT2D eigenvalue weighted by molar-refractivity contribution is 5.69. The van der Waals surface area contributed by atoms with Gasteiger partial charge in [-0.15, -0.1) is 0 Å². The Morgan fingerprint density at radius 2 is 1.83 bits per heavy atom. The van der Waals surface area contributed by atoms with Gasteiger partial charge in [-0.05, 0) is 37.6 Å². The number of rotatable bonds is 1. The first-order valence-electron chi connectivity index (χ1n) is 5.13. The summed E-state index contributed by atoms with van der Waals surface area (Å²) >= 11 is 0. The quantitative estimate of drug-likeness (QED) is 0.847. The highest BCUT2D eigenvalue weighted by Crippen LogP contribution is 2.36. The van der Waals surface area contributed by atoms with Gasteiger partial charge in [0, 0.05) is 5.56 Å². The number of alkyl halides is 3. The van der Waals surface area contributed by atoms with E-state index in [0.717, 1.165) is 6.07 Å². The standard InChI is InChI=1S/C12H10F3NO2/c1-6-11(7(2)18-16-6)8-3-9(12(13,14)15)5-10(17)4-8/h3-5,17H,1-2H3. The van der Waals surface area contributed by atoms with Gasteiger partial charge in [-0.25, -0.2) is 0 Å². The van der Waals surface area contributed by atoms with Crippen LogP contribution < -0.4 is 0 Å². The second kappa shape index (κ2) is 4.04. The molecule has 3 nitrogen and oxygen atoms in total. The first-order valence-corrected chi connectivity index (χ1v) is 5.13. The lowest BCUT2D eigenvalue weighted by atomic mass is 10.0. The van der Waals surface area contributed by atoms with Crippen LogP contribution in [0.1, 0.15) is 17.0 Å². The van der Waals surface area contributed by atoms with Gasteiger partial charge < -0.3 is 9.63 Å². The van der Waals surface area contributed by atoms with Gasteiger partial charge in [-0.3, -0.25) is 0 Å². The maximum Gasteiger partial charge on any atom is 0.416 e. The molecule has 18 heavy (non-hydrogen) atoms. The van der Waals surface area contributed by atoms with Crippen molar-refractivity contribution in [1.82, 2.24) is 5.16 Å². The predicted molar refractivity (Wildman–Crippen MR) is 58.1 cm³/mol. The molecule has 0 unspecified atom stereocenters. The van der Waals surface area contributed by atoms with Crippen LogP contribution >= 0.6 is 0 Å². The summed E-state index contributed by atoms with van der Waals surface area (Å²) in [5.41, 5.74) is 0.277. The summed E-state index contributed by atoms with van der Waals surface area (Å²) in [5, 5.41) is 13.1. The van der Waals surface area contributed by atoms with Crippen LogP contribution in [0.5, 0.6) is 5.75 Å². The predicted octanol–water partition coefficient (Wildman–Crippen LogP) is 3.68. The van der Waals surface area contributed by atoms with Crippen LogP contribution in [-0.2, 0) is 6.18 Å². The molecule has 1 N–H and O–H groups in total. The van der Waals surface area contributed by atoms with Crippen molar-refractivity contribution in [2.24, 2.45) is 0 Å². The van der Waals surface area contributed by atoms with Gasteiger partial charge in [0.25, 0.3) is 0 Å². The average Bonchev–Trinajstić information content (AvgIpc) is 2.56. The summed E-state index contributed by atoms with van der Waals surface area (Å²) in [5.74, 6) is -0.0361. The second-order valence-corrected chi connectivity index (χ2v) is 3.97. The van der Waals surface area contributed by atoms with E-state index in [1.807, 2.05) is 0 Å². The molecule has 0 saturated heterocycles. The van der Waals surface area contributed by atoms with E-state index < -0.39 is 17.5 Å². The maximum atomic E-state index is 12.6. The molecule has 0 aliphatic carbocycles. The van der Waals surface area contributed by atoms with Crippen LogP contribution in [0.4, 0.5) is 13.2 Å². The van der Waals surface area contributed by atoms with Crippen molar-refractivity contribution in [3.05, 3.63) is 35.2 Å². The van der Waals surface area contributed by atoms with E-state index in [0.29, 0.717) is 23.1 Å². The number of benzene rings is 1.